The van der Waals surface area contributed by atoms with Gasteiger partial charge in [-0.15, -0.1) is 0 Å². The molecule has 0 bridgehead atoms. The van der Waals surface area contributed by atoms with Gasteiger partial charge in [0.15, 0.2) is 0 Å². The lowest BCUT2D eigenvalue weighted by atomic mass is 10.1. The third-order valence-corrected chi connectivity index (χ3v) is 3.08. The number of furan rings is 1. The zero-order valence-corrected chi connectivity index (χ0v) is 11.3. The summed E-state index contributed by atoms with van der Waals surface area (Å²) in [6.07, 6.45) is 15.0. The molecule has 0 unspecified atom stereocenters. The van der Waals surface area contributed by atoms with Gasteiger partial charge in [-0.3, -0.25) is 0 Å². The SMILES string of the molecule is CC[C@H](C)/C=C\C=C(/C)CCCc1ccoc1. The molecule has 0 aliphatic carbocycles. The lowest BCUT2D eigenvalue weighted by molar-refractivity contribution is 0.563. The second-order valence-corrected chi connectivity index (χ2v) is 4.77. The van der Waals surface area contributed by atoms with E-state index in [0.29, 0.717) is 5.92 Å². The molecular formula is C16H24O. The van der Waals surface area contributed by atoms with Gasteiger partial charge in [0.1, 0.15) is 0 Å². The molecule has 17 heavy (non-hydrogen) atoms. The van der Waals surface area contributed by atoms with Gasteiger partial charge in [-0.1, -0.05) is 44.1 Å². The van der Waals surface area contributed by atoms with Crippen LogP contribution in [-0.4, -0.2) is 0 Å². The summed E-state index contributed by atoms with van der Waals surface area (Å²) in [5.74, 6) is 0.685. The Morgan fingerprint density at radius 2 is 2.29 bits per heavy atom. The summed E-state index contributed by atoms with van der Waals surface area (Å²) in [4.78, 5) is 0. The highest BCUT2D eigenvalue weighted by molar-refractivity contribution is 5.12. The summed E-state index contributed by atoms with van der Waals surface area (Å²) in [5.41, 5.74) is 2.75. The molecule has 0 saturated carbocycles. The first-order chi connectivity index (χ1) is 8.22. The zero-order chi connectivity index (χ0) is 12.5. The molecule has 1 nitrogen and oxygen atoms in total. The van der Waals surface area contributed by atoms with Crippen LogP contribution >= 0.6 is 0 Å². The molecule has 0 aliphatic heterocycles. The van der Waals surface area contributed by atoms with E-state index in [2.05, 4.69) is 39.0 Å². The standard InChI is InChI=1S/C16H24O/c1-4-14(2)7-5-8-15(3)9-6-10-16-11-12-17-13-16/h5,7-8,11-14H,4,6,9-10H2,1-3H3/b7-5-,15-8+/t14-/m0/s1. The molecular weight excluding hydrogens is 208 g/mol. The number of allylic oxidation sites excluding steroid dienone is 4. The first-order valence-corrected chi connectivity index (χ1v) is 6.57. The van der Waals surface area contributed by atoms with Gasteiger partial charge in [0, 0.05) is 0 Å². The molecule has 1 rings (SSSR count). The van der Waals surface area contributed by atoms with Crippen molar-refractivity contribution < 1.29 is 4.42 Å². The molecule has 94 valence electrons. The summed E-state index contributed by atoms with van der Waals surface area (Å²) in [6.45, 7) is 6.67. The van der Waals surface area contributed by atoms with E-state index in [1.165, 1.54) is 24.0 Å². The largest absolute Gasteiger partial charge is 0.472 e. The first kappa shape index (κ1) is 13.8. The topological polar surface area (TPSA) is 13.1 Å². The maximum Gasteiger partial charge on any atom is 0.0934 e. The van der Waals surface area contributed by atoms with Crippen LogP contribution in [0.4, 0.5) is 0 Å². The average molecular weight is 232 g/mol. The fourth-order valence-electron chi connectivity index (χ4n) is 1.64. The monoisotopic (exact) mass is 232 g/mol. The second-order valence-electron chi connectivity index (χ2n) is 4.77. The Balaban J connectivity index is 2.22. The Hall–Kier alpha value is -1.24. The Kier molecular flexibility index (Phi) is 6.46. The molecule has 1 aromatic rings. The van der Waals surface area contributed by atoms with Crippen molar-refractivity contribution in [2.75, 3.05) is 0 Å². The van der Waals surface area contributed by atoms with Crippen molar-refractivity contribution in [3.05, 3.63) is 48.0 Å². The maximum absolute atomic E-state index is 5.05. The molecule has 1 heteroatoms. The Labute approximate surface area is 105 Å². The molecule has 0 radical (unpaired) electrons. The predicted octanol–water partition coefficient (Wildman–Crippen LogP) is 5.15. The van der Waals surface area contributed by atoms with Crippen LogP contribution in [0.3, 0.4) is 0 Å². The van der Waals surface area contributed by atoms with Gasteiger partial charge < -0.3 is 4.42 Å². The molecule has 0 spiro atoms. The van der Waals surface area contributed by atoms with E-state index < -0.39 is 0 Å². The third-order valence-electron chi connectivity index (χ3n) is 3.08. The number of hydrogen-bond donors (Lipinski definition) is 0. The second kappa shape index (κ2) is 7.94. The summed E-state index contributed by atoms with van der Waals surface area (Å²) in [7, 11) is 0. The van der Waals surface area contributed by atoms with Crippen molar-refractivity contribution in [1.29, 1.82) is 0 Å². The van der Waals surface area contributed by atoms with Crippen LogP contribution in [0.1, 0.15) is 45.6 Å². The number of rotatable bonds is 7. The smallest absolute Gasteiger partial charge is 0.0934 e. The quantitative estimate of drug-likeness (QED) is 0.592. The van der Waals surface area contributed by atoms with Gasteiger partial charge in [0.05, 0.1) is 12.5 Å². The lowest BCUT2D eigenvalue weighted by Crippen LogP contribution is -1.85. The third kappa shape index (κ3) is 6.15. The molecule has 0 amide bonds. The molecule has 0 aromatic carbocycles. The van der Waals surface area contributed by atoms with E-state index in [1.54, 1.807) is 6.26 Å². The first-order valence-electron chi connectivity index (χ1n) is 6.57. The van der Waals surface area contributed by atoms with Crippen molar-refractivity contribution in [3.63, 3.8) is 0 Å². The van der Waals surface area contributed by atoms with Crippen LogP contribution in [0.15, 0.2) is 46.8 Å². The van der Waals surface area contributed by atoms with Crippen LogP contribution in [0.25, 0.3) is 0 Å². The highest BCUT2D eigenvalue weighted by atomic mass is 16.3. The molecule has 1 heterocycles. The Morgan fingerprint density at radius 3 is 2.94 bits per heavy atom. The summed E-state index contributed by atoms with van der Waals surface area (Å²) >= 11 is 0. The van der Waals surface area contributed by atoms with E-state index in [-0.39, 0.29) is 0 Å². The molecule has 1 aromatic heterocycles. The maximum atomic E-state index is 5.05. The normalized spacial score (nSPS) is 14.4. The molecule has 0 N–H and O–H groups in total. The van der Waals surface area contributed by atoms with Crippen molar-refractivity contribution in [3.8, 4) is 0 Å². The predicted molar refractivity (Wildman–Crippen MR) is 74.0 cm³/mol. The fraction of sp³-hybridized carbons (Fsp3) is 0.500. The van der Waals surface area contributed by atoms with Crippen LogP contribution in [-0.2, 0) is 6.42 Å². The molecule has 0 saturated heterocycles. The zero-order valence-electron chi connectivity index (χ0n) is 11.3. The van der Waals surface area contributed by atoms with E-state index in [0.717, 1.165) is 12.8 Å². The fourth-order valence-corrected chi connectivity index (χ4v) is 1.64. The minimum atomic E-state index is 0.685. The van der Waals surface area contributed by atoms with Gasteiger partial charge in [-0.05, 0) is 43.7 Å². The highest BCUT2D eigenvalue weighted by Gasteiger charge is 1.95. The van der Waals surface area contributed by atoms with E-state index in [1.807, 2.05) is 12.3 Å². The van der Waals surface area contributed by atoms with E-state index in [9.17, 15) is 0 Å². The van der Waals surface area contributed by atoms with Crippen LogP contribution in [0.5, 0.6) is 0 Å². The molecule has 0 fully saturated rings. The minimum Gasteiger partial charge on any atom is -0.472 e. The van der Waals surface area contributed by atoms with E-state index in [4.69, 9.17) is 4.42 Å². The molecule has 1 atom stereocenters. The van der Waals surface area contributed by atoms with Crippen LogP contribution in [0, 0.1) is 5.92 Å². The average Bonchev–Trinajstić information content (AvgIpc) is 2.82. The van der Waals surface area contributed by atoms with Crippen molar-refractivity contribution in [2.45, 2.75) is 46.5 Å². The summed E-state index contributed by atoms with van der Waals surface area (Å²) < 4.78 is 5.05. The van der Waals surface area contributed by atoms with Gasteiger partial charge in [0.25, 0.3) is 0 Å². The van der Waals surface area contributed by atoms with Crippen LogP contribution in [0.2, 0.25) is 0 Å². The Morgan fingerprint density at radius 1 is 1.47 bits per heavy atom. The van der Waals surface area contributed by atoms with Gasteiger partial charge in [-0.25, -0.2) is 0 Å². The van der Waals surface area contributed by atoms with Crippen molar-refractivity contribution in [2.24, 2.45) is 5.92 Å². The molecule has 0 aliphatic rings. The van der Waals surface area contributed by atoms with Gasteiger partial charge >= 0.3 is 0 Å². The number of aryl methyl sites for hydroxylation is 1. The van der Waals surface area contributed by atoms with Gasteiger partial charge in [0.2, 0.25) is 0 Å². The van der Waals surface area contributed by atoms with Crippen molar-refractivity contribution in [1.82, 2.24) is 0 Å². The summed E-state index contributed by atoms with van der Waals surface area (Å²) in [5, 5.41) is 0. The number of hydrogen-bond acceptors (Lipinski definition) is 1. The van der Waals surface area contributed by atoms with Crippen molar-refractivity contribution >= 4 is 0 Å². The van der Waals surface area contributed by atoms with Crippen LogP contribution < -0.4 is 0 Å². The minimum absolute atomic E-state index is 0.685. The lowest BCUT2D eigenvalue weighted by Gasteiger charge is -2.00. The van der Waals surface area contributed by atoms with E-state index >= 15 is 0 Å². The summed E-state index contributed by atoms with van der Waals surface area (Å²) in [6, 6.07) is 2.04. The Bertz CT molecular complexity index is 344. The van der Waals surface area contributed by atoms with Gasteiger partial charge in [-0.2, -0.15) is 0 Å². The highest BCUT2D eigenvalue weighted by Crippen LogP contribution is 2.11.